The van der Waals surface area contributed by atoms with E-state index in [1.165, 1.54) is 10.5 Å². The normalized spacial score (nSPS) is 16.5. The molecule has 1 saturated heterocycles. The zero-order valence-corrected chi connectivity index (χ0v) is 21.0. The highest BCUT2D eigenvalue weighted by Crippen LogP contribution is 2.31. The van der Waals surface area contributed by atoms with Gasteiger partial charge >= 0.3 is 6.09 Å². The summed E-state index contributed by atoms with van der Waals surface area (Å²) in [7, 11) is 0. The van der Waals surface area contributed by atoms with Gasteiger partial charge in [-0.25, -0.2) is 14.7 Å². The van der Waals surface area contributed by atoms with Crippen molar-refractivity contribution in [1.29, 1.82) is 0 Å². The third-order valence-electron chi connectivity index (χ3n) is 6.36. The fraction of sp³-hybridized carbons (Fsp3) is 0.345. The Morgan fingerprint density at radius 2 is 1.89 bits per heavy atom. The molecule has 7 heteroatoms. The highest BCUT2D eigenvalue weighted by molar-refractivity contribution is 6.05. The summed E-state index contributed by atoms with van der Waals surface area (Å²) >= 11 is 0. The van der Waals surface area contributed by atoms with Crippen molar-refractivity contribution in [2.75, 3.05) is 6.54 Å². The van der Waals surface area contributed by atoms with Crippen LogP contribution in [0.2, 0.25) is 0 Å². The van der Waals surface area contributed by atoms with E-state index >= 15 is 0 Å². The predicted octanol–water partition coefficient (Wildman–Crippen LogP) is 5.49. The smallest absolute Gasteiger partial charge is 0.417 e. The molecule has 0 saturated carbocycles. The lowest BCUT2D eigenvalue weighted by atomic mass is 9.98. The number of carbonyl (C=O) groups excluding carboxylic acids is 2. The number of nitrogens with zero attached hydrogens (tertiary/aromatic N) is 3. The number of imide groups is 1. The number of benzene rings is 2. The first-order chi connectivity index (χ1) is 17.3. The highest BCUT2D eigenvalue weighted by Gasteiger charge is 2.32. The minimum absolute atomic E-state index is 0.298. The molecule has 0 N–H and O–H groups in total. The Morgan fingerprint density at radius 1 is 1.08 bits per heavy atom. The minimum Gasteiger partial charge on any atom is -0.489 e. The maximum absolute atomic E-state index is 13.1. The molecule has 0 radical (unpaired) electrons. The minimum atomic E-state index is -0.651. The van der Waals surface area contributed by atoms with Crippen LogP contribution in [-0.4, -0.2) is 38.6 Å². The van der Waals surface area contributed by atoms with Gasteiger partial charge in [-0.2, -0.15) is 0 Å². The number of hydrogen-bond acceptors (Lipinski definition) is 5. The van der Waals surface area contributed by atoms with Gasteiger partial charge < -0.3 is 14.0 Å². The second kappa shape index (κ2) is 9.64. The van der Waals surface area contributed by atoms with E-state index in [2.05, 4.69) is 33.8 Å². The summed E-state index contributed by atoms with van der Waals surface area (Å²) in [5.41, 5.74) is 5.19. The Kier molecular flexibility index (Phi) is 6.39. The summed E-state index contributed by atoms with van der Waals surface area (Å²) in [6, 6.07) is 16.3. The zero-order chi connectivity index (χ0) is 25.3. The van der Waals surface area contributed by atoms with Crippen LogP contribution in [0.5, 0.6) is 5.75 Å². The Hall–Kier alpha value is -3.87. The summed E-state index contributed by atoms with van der Waals surface area (Å²) in [6.45, 7) is 6.29. The van der Waals surface area contributed by atoms with Gasteiger partial charge in [0.2, 0.25) is 0 Å². The Bertz CT molecular complexity index is 1320. The molecule has 7 nitrogen and oxygen atoms in total. The van der Waals surface area contributed by atoms with Crippen LogP contribution in [0.25, 0.3) is 11.8 Å². The number of amides is 2. The van der Waals surface area contributed by atoms with E-state index in [0.29, 0.717) is 31.6 Å². The lowest BCUT2D eigenvalue weighted by Crippen LogP contribution is -2.44. The van der Waals surface area contributed by atoms with Crippen molar-refractivity contribution in [3.8, 4) is 11.4 Å². The number of piperidine rings is 1. The monoisotopic (exact) mass is 485 g/mol. The van der Waals surface area contributed by atoms with Crippen molar-refractivity contribution >= 4 is 18.1 Å². The van der Waals surface area contributed by atoms with E-state index in [1.807, 2.05) is 36.7 Å². The molecule has 3 heterocycles. The standard InChI is InChI=1S/C29H31N3O4/c1-29(2,3)36-28(34)31-15-7-10-22(27(31)33)17-24-26-13-11-21-16-23(12-14-25(21)32(26)19-30-24)35-18-20-8-5-4-6-9-20/h4-6,8-9,12,14,16-17,19H,7,10-11,13,15,18H2,1-3H3. The lowest BCUT2D eigenvalue weighted by molar-refractivity contribution is -0.127. The lowest BCUT2D eigenvalue weighted by Gasteiger charge is -2.29. The number of hydrogen-bond donors (Lipinski definition) is 0. The van der Waals surface area contributed by atoms with Crippen LogP contribution in [-0.2, 0) is 29.0 Å². The zero-order valence-electron chi connectivity index (χ0n) is 21.0. The number of aryl methyl sites for hydroxylation is 1. The summed E-state index contributed by atoms with van der Waals surface area (Å²) < 4.78 is 13.5. The average molecular weight is 486 g/mol. The largest absolute Gasteiger partial charge is 0.489 e. The Balaban J connectivity index is 1.34. The second-order valence-electron chi connectivity index (χ2n) is 10.2. The fourth-order valence-corrected chi connectivity index (χ4v) is 4.64. The molecule has 1 fully saturated rings. The third kappa shape index (κ3) is 5.05. The summed E-state index contributed by atoms with van der Waals surface area (Å²) in [5.74, 6) is 0.548. The summed E-state index contributed by atoms with van der Waals surface area (Å²) in [4.78, 5) is 31.4. The molecule has 0 unspecified atom stereocenters. The molecular formula is C29H31N3O4. The number of imidazole rings is 1. The van der Waals surface area contributed by atoms with E-state index < -0.39 is 11.7 Å². The van der Waals surface area contributed by atoms with Crippen LogP contribution in [0.3, 0.4) is 0 Å². The van der Waals surface area contributed by atoms with Crippen molar-refractivity contribution < 1.29 is 19.1 Å². The van der Waals surface area contributed by atoms with Gasteiger partial charge in [0.15, 0.2) is 0 Å². The molecule has 0 aliphatic carbocycles. The molecule has 5 rings (SSSR count). The van der Waals surface area contributed by atoms with Crippen molar-refractivity contribution in [2.45, 2.75) is 58.7 Å². The molecule has 1 aromatic heterocycles. The van der Waals surface area contributed by atoms with Crippen LogP contribution >= 0.6 is 0 Å². The van der Waals surface area contributed by atoms with E-state index in [0.717, 1.165) is 41.2 Å². The Morgan fingerprint density at radius 3 is 2.67 bits per heavy atom. The van der Waals surface area contributed by atoms with Crippen LogP contribution in [0.15, 0.2) is 60.4 Å². The van der Waals surface area contributed by atoms with Crippen LogP contribution in [0.4, 0.5) is 4.79 Å². The van der Waals surface area contributed by atoms with Crippen molar-refractivity contribution in [2.24, 2.45) is 0 Å². The maximum atomic E-state index is 13.1. The van der Waals surface area contributed by atoms with E-state index in [9.17, 15) is 9.59 Å². The van der Waals surface area contributed by atoms with Crippen LogP contribution in [0.1, 0.15) is 56.1 Å². The summed E-state index contributed by atoms with van der Waals surface area (Å²) in [6.07, 6.45) is 6.04. The molecule has 0 bridgehead atoms. The quantitative estimate of drug-likeness (QED) is 0.457. The summed E-state index contributed by atoms with van der Waals surface area (Å²) in [5, 5.41) is 0. The third-order valence-corrected chi connectivity index (χ3v) is 6.36. The molecule has 0 atom stereocenters. The van der Waals surface area contributed by atoms with E-state index in [-0.39, 0.29) is 5.91 Å². The molecule has 2 aliphatic rings. The van der Waals surface area contributed by atoms with Crippen LogP contribution < -0.4 is 4.74 Å². The molecular weight excluding hydrogens is 454 g/mol. The fourth-order valence-electron chi connectivity index (χ4n) is 4.64. The average Bonchev–Trinajstić information content (AvgIpc) is 3.26. The first-order valence-corrected chi connectivity index (χ1v) is 12.4. The molecule has 186 valence electrons. The molecule has 2 aliphatic heterocycles. The van der Waals surface area contributed by atoms with Gasteiger partial charge in [0.05, 0.1) is 17.1 Å². The number of fused-ring (bicyclic) bond motifs is 3. The van der Waals surface area contributed by atoms with Gasteiger partial charge in [-0.3, -0.25) is 4.79 Å². The second-order valence-corrected chi connectivity index (χ2v) is 10.2. The van der Waals surface area contributed by atoms with Crippen molar-refractivity contribution in [1.82, 2.24) is 14.5 Å². The molecule has 3 aromatic rings. The SMILES string of the molecule is CC(C)(C)OC(=O)N1CCCC(=Cc2ncn3c2CCc2cc(OCc4ccccc4)ccc2-3)C1=O. The van der Waals surface area contributed by atoms with Crippen molar-refractivity contribution in [3.63, 3.8) is 0 Å². The van der Waals surface area contributed by atoms with Crippen molar-refractivity contribution in [3.05, 3.63) is 82.9 Å². The number of carbonyl (C=O) groups is 2. The first-order valence-electron chi connectivity index (χ1n) is 12.4. The van der Waals surface area contributed by atoms with Gasteiger partial charge in [-0.15, -0.1) is 0 Å². The number of rotatable bonds is 4. The van der Waals surface area contributed by atoms with Gasteiger partial charge in [0.1, 0.15) is 24.3 Å². The molecule has 2 aromatic carbocycles. The number of likely N-dealkylation sites (tertiary alicyclic amines) is 1. The first kappa shape index (κ1) is 23.9. The van der Waals surface area contributed by atoms with Gasteiger partial charge in [0, 0.05) is 12.1 Å². The maximum Gasteiger partial charge on any atom is 0.417 e. The van der Waals surface area contributed by atoms with Crippen LogP contribution in [0, 0.1) is 0 Å². The highest BCUT2D eigenvalue weighted by atomic mass is 16.6. The molecule has 2 amide bonds. The van der Waals surface area contributed by atoms with E-state index in [1.54, 1.807) is 20.8 Å². The van der Waals surface area contributed by atoms with Gasteiger partial charge in [-0.1, -0.05) is 30.3 Å². The molecule has 0 spiro atoms. The van der Waals surface area contributed by atoms with Gasteiger partial charge in [-0.05, 0) is 81.9 Å². The number of aromatic nitrogens is 2. The topological polar surface area (TPSA) is 73.7 Å². The predicted molar refractivity (Wildman–Crippen MR) is 137 cm³/mol. The molecule has 36 heavy (non-hydrogen) atoms. The van der Waals surface area contributed by atoms with E-state index in [4.69, 9.17) is 9.47 Å². The Labute approximate surface area is 211 Å². The number of ether oxygens (including phenoxy) is 2. The van der Waals surface area contributed by atoms with Gasteiger partial charge in [0.25, 0.3) is 5.91 Å².